The number of carbonyl (C=O) groups is 7. The molecule has 0 aliphatic carbocycles. The van der Waals surface area contributed by atoms with Gasteiger partial charge in [0.15, 0.2) is 0 Å². The highest BCUT2D eigenvalue weighted by molar-refractivity contribution is 5.96. The molecule has 16 nitrogen and oxygen atoms in total. The van der Waals surface area contributed by atoms with Crippen molar-refractivity contribution >= 4 is 41.4 Å². The lowest BCUT2D eigenvalue weighted by molar-refractivity contribution is -0.146. The average molecular weight is 576 g/mol. The van der Waals surface area contributed by atoms with Gasteiger partial charge in [0.05, 0.1) is 25.2 Å². The molecule has 0 rings (SSSR count). The molecule has 0 aromatic heterocycles. The molecule has 0 bridgehead atoms. The number of primary amides is 1. The van der Waals surface area contributed by atoms with E-state index < -0.39 is 60.2 Å². The summed E-state index contributed by atoms with van der Waals surface area (Å²) in [5.41, 5.74) is 5.23. The third-order valence-electron chi connectivity index (χ3n) is 5.43. The average Bonchev–Trinajstić information content (AvgIpc) is 2.87. The number of Topliss-reactive ketones (excluding diaryl/α,β-unsaturated/α-hetero) is 1. The molecule has 0 aromatic rings. The molecule has 0 aliphatic heterocycles. The minimum atomic E-state index is -1.35. The van der Waals surface area contributed by atoms with E-state index in [1.54, 1.807) is 7.05 Å². The Kier molecular flexibility index (Phi) is 20.2. The van der Waals surface area contributed by atoms with Crippen molar-refractivity contribution in [3.63, 3.8) is 0 Å². The van der Waals surface area contributed by atoms with E-state index in [2.05, 4.69) is 21.3 Å². The number of hydrogen-bond acceptors (Lipinski definition) is 10. The molecule has 4 amide bonds. The fraction of sp³-hybridized carbons (Fsp3) is 0.708. The van der Waals surface area contributed by atoms with Gasteiger partial charge >= 0.3 is 11.9 Å². The summed E-state index contributed by atoms with van der Waals surface area (Å²) in [5.74, 6) is -6.15. The van der Waals surface area contributed by atoms with Gasteiger partial charge in [0.1, 0.15) is 25.4 Å². The maximum Gasteiger partial charge on any atom is 0.310 e. The summed E-state index contributed by atoms with van der Waals surface area (Å²) in [4.78, 5) is 79.6. The van der Waals surface area contributed by atoms with Crippen LogP contribution in [0.5, 0.6) is 0 Å². The van der Waals surface area contributed by atoms with Crippen LogP contribution in [0, 0.1) is 5.92 Å². The Hall–Kier alpha value is -3.63. The second-order valence-electron chi connectivity index (χ2n) is 8.78. The fourth-order valence-corrected chi connectivity index (χ4v) is 3.31. The quantitative estimate of drug-likeness (QED) is 0.0441. The van der Waals surface area contributed by atoms with Crippen molar-refractivity contribution in [1.82, 2.24) is 21.3 Å². The minimum Gasteiger partial charge on any atom is -0.481 e. The maximum absolute atomic E-state index is 11.8. The second-order valence-corrected chi connectivity index (χ2v) is 8.78. The van der Waals surface area contributed by atoms with Gasteiger partial charge in [0, 0.05) is 32.5 Å². The number of amides is 4. The van der Waals surface area contributed by atoms with Gasteiger partial charge in [-0.25, -0.2) is 0 Å². The predicted octanol–water partition coefficient (Wildman–Crippen LogP) is -2.47. The minimum absolute atomic E-state index is 0.0213. The summed E-state index contributed by atoms with van der Waals surface area (Å²) in [5, 5.41) is 28.3. The van der Waals surface area contributed by atoms with Crippen LogP contribution in [0.2, 0.25) is 0 Å². The van der Waals surface area contributed by atoms with E-state index in [9.17, 15) is 33.6 Å². The Bertz CT molecular complexity index is 853. The normalized spacial score (nSPS) is 12.1. The summed E-state index contributed by atoms with van der Waals surface area (Å²) < 4.78 is 10.3. The topological polar surface area (TPSA) is 253 Å². The summed E-state index contributed by atoms with van der Waals surface area (Å²) >= 11 is 0. The lowest BCUT2D eigenvalue weighted by Crippen LogP contribution is -2.39. The van der Waals surface area contributed by atoms with Crippen LogP contribution in [-0.4, -0.2) is 111 Å². The first-order valence-electron chi connectivity index (χ1n) is 12.8. The van der Waals surface area contributed by atoms with Gasteiger partial charge in [-0.05, 0) is 32.7 Å². The number of carboxylic acid groups (broad SMARTS) is 2. The number of nitrogens with two attached hydrogens (primary N) is 1. The van der Waals surface area contributed by atoms with Crippen molar-refractivity contribution in [3.05, 3.63) is 0 Å². The number of likely N-dealkylation sites (N-methyl/N-ethyl adjacent to an activating group) is 1. The smallest absolute Gasteiger partial charge is 0.310 e. The highest BCUT2D eigenvalue weighted by Crippen LogP contribution is 2.13. The Labute approximate surface area is 232 Å². The lowest BCUT2D eigenvalue weighted by atomic mass is 9.96. The molecule has 2 atom stereocenters. The molecule has 40 heavy (non-hydrogen) atoms. The monoisotopic (exact) mass is 575 g/mol. The van der Waals surface area contributed by atoms with Gasteiger partial charge in [-0.3, -0.25) is 33.6 Å². The number of hydrogen-bond donors (Lipinski definition) is 7. The third-order valence-corrected chi connectivity index (χ3v) is 5.43. The number of ether oxygens (including phenoxy) is 2. The van der Waals surface area contributed by atoms with E-state index in [0.717, 1.165) is 0 Å². The van der Waals surface area contributed by atoms with E-state index in [0.29, 0.717) is 25.8 Å². The largest absolute Gasteiger partial charge is 0.481 e. The summed E-state index contributed by atoms with van der Waals surface area (Å²) in [6, 6.07) is -0.393. The van der Waals surface area contributed by atoms with E-state index in [1.807, 2.05) is 0 Å². The van der Waals surface area contributed by atoms with Crippen LogP contribution in [0.4, 0.5) is 0 Å². The SMILES string of the molecule is CNC(CCCCNC(=O)COCCNC(=O)COCCNC(=O)CCC(CC(=O)CC(=O)O)C(=O)O)C(N)=O. The van der Waals surface area contributed by atoms with Crippen LogP contribution in [0.25, 0.3) is 0 Å². The summed E-state index contributed by atoms with van der Waals surface area (Å²) in [7, 11) is 1.65. The van der Waals surface area contributed by atoms with E-state index >= 15 is 0 Å². The van der Waals surface area contributed by atoms with Crippen LogP contribution in [0.1, 0.15) is 44.9 Å². The van der Waals surface area contributed by atoms with E-state index in [4.69, 9.17) is 25.4 Å². The molecular formula is C24H41N5O11. The molecular weight excluding hydrogens is 534 g/mol. The molecule has 8 N–H and O–H groups in total. The first-order valence-corrected chi connectivity index (χ1v) is 12.8. The maximum atomic E-state index is 11.8. The number of nitrogens with one attached hydrogen (secondary N) is 4. The van der Waals surface area contributed by atoms with Crippen LogP contribution in [-0.2, 0) is 43.0 Å². The predicted molar refractivity (Wildman–Crippen MR) is 139 cm³/mol. The van der Waals surface area contributed by atoms with Gasteiger partial charge in [-0.15, -0.1) is 0 Å². The van der Waals surface area contributed by atoms with Crippen molar-refractivity contribution in [3.8, 4) is 0 Å². The molecule has 228 valence electrons. The first-order chi connectivity index (χ1) is 19.0. The standard InChI is InChI=1S/C24H41N5O11/c1-26-18(23(25)36)4-2-3-7-27-20(32)14-40-11-9-29-21(33)15-39-10-8-28-19(31)6-5-16(24(37)38)12-17(30)13-22(34)35/h16,18,26H,2-15H2,1H3,(H2,25,36)(H,27,32)(H,28,31)(H,29,33)(H,34,35)(H,37,38). The van der Waals surface area contributed by atoms with E-state index in [1.165, 1.54) is 0 Å². The highest BCUT2D eigenvalue weighted by atomic mass is 16.5. The van der Waals surface area contributed by atoms with Gasteiger partial charge in [0.2, 0.25) is 23.6 Å². The van der Waals surface area contributed by atoms with Crippen molar-refractivity contribution in [1.29, 1.82) is 0 Å². The zero-order chi connectivity index (χ0) is 30.3. The van der Waals surface area contributed by atoms with Crippen LogP contribution in [0.3, 0.4) is 0 Å². The molecule has 0 fully saturated rings. The molecule has 2 unspecified atom stereocenters. The Morgan fingerprint density at radius 2 is 1.32 bits per heavy atom. The first kappa shape index (κ1) is 36.4. The Balaban J connectivity index is 3.78. The number of carboxylic acids is 2. The zero-order valence-corrected chi connectivity index (χ0v) is 22.7. The summed E-state index contributed by atoms with van der Waals surface area (Å²) in [6.07, 6.45) is 0.424. The Morgan fingerprint density at radius 1 is 0.775 bits per heavy atom. The number of unbranched alkanes of at least 4 members (excludes halogenated alkanes) is 1. The van der Waals surface area contributed by atoms with Gasteiger partial charge < -0.3 is 46.7 Å². The number of ketones is 1. The van der Waals surface area contributed by atoms with Crippen LogP contribution >= 0.6 is 0 Å². The second kappa shape index (κ2) is 22.2. The third kappa shape index (κ3) is 20.3. The van der Waals surface area contributed by atoms with Crippen LogP contribution in [0.15, 0.2) is 0 Å². The number of carbonyl (C=O) groups excluding carboxylic acids is 5. The molecule has 0 radical (unpaired) electrons. The van der Waals surface area contributed by atoms with Crippen LogP contribution < -0.4 is 27.0 Å². The van der Waals surface area contributed by atoms with Gasteiger partial charge in [-0.1, -0.05) is 0 Å². The molecule has 0 spiro atoms. The Morgan fingerprint density at radius 3 is 1.82 bits per heavy atom. The molecule has 0 aliphatic rings. The lowest BCUT2D eigenvalue weighted by Gasteiger charge is -2.12. The van der Waals surface area contributed by atoms with E-state index in [-0.39, 0.29) is 58.3 Å². The molecule has 16 heteroatoms. The van der Waals surface area contributed by atoms with Gasteiger partial charge in [-0.2, -0.15) is 0 Å². The van der Waals surface area contributed by atoms with Gasteiger partial charge in [0.25, 0.3) is 0 Å². The summed E-state index contributed by atoms with van der Waals surface area (Å²) in [6.45, 7) is 0.353. The number of rotatable bonds is 25. The highest BCUT2D eigenvalue weighted by Gasteiger charge is 2.23. The zero-order valence-electron chi connectivity index (χ0n) is 22.7. The molecule has 0 heterocycles. The van der Waals surface area contributed by atoms with Crippen molar-refractivity contribution in [2.24, 2.45) is 11.7 Å². The van der Waals surface area contributed by atoms with Crippen molar-refractivity contribution in [2.45, 2.75) is 51.0 Å². The van der Waals surface area contributed by atoms with Crippen molar-refractivity contribution < 1.29 is 53.2 Å². The van der Waals surface area contributed by atoms with Crippen molar-refractivity contribution in [2.75, 3.05) is 53.1 Å². The molecule has 0 saturated heterocycles. The molecule has 0 saturated carbocycles. The number of aliphatic carboxylic acids is 2. The molecule has 0 aromatic carbocycles. The fourth-order valence-electron chi connectivity index (χ4n) is 3.31.